The molecule has 6 rings (SSSR count). The summed E-state index contributed by atoms with van der Waals surface area (Å²) in [5.41, 5.74) is -1.55. The number of alkyl halides is 1. The number of benzene rings is 1. The number of carbonyl (C=O) groups is 4. The summed E-state index contributed by atoms with van der Waals surface area (Å²) >= 11 is 2.12. The molecule has 4 amide bonds. The van der Waals surface area contributed by atoms with E-state index >= 15 is 0 Å². The van der Waals surface area contributed by atoms with Gasteiger partial charge in [0.2, 0.25) is 33.6 Å². The number of amides is 4. The lowest BCUT2D eigenvalue weighted by molar-refractivity contribution is -0.144. The highest BCUT2D eigenvalue weighted by Gasteiger charge is 2.62. The van der Waals surface area contributed by atoms with Crippen molar-refractivity contribution < 1.29 is 41.8 Å². The Labute approximate surface area is 349 Å². The summed E-state index contributed by atoms with van der Waals surface area (Å²) < 4.78 is 44.9. The van der Waals surface area contributed by atoms with Crippen molar-refractivity contribution in [3.8, 4) is 11.6 Å². The molecule has 0 bridgehead atoms. The fourth-order valence-corrected chi connectivity index (χ4v) is 10.1. The van der Waals surface area contributed by atoms with Crippen LogP contribution in [-0.4, -0.2) is 101 Å². The van der Waals surface area contributed by atoms with Gasteiger partial charge in [0, 0.05) is 27.3 Å². The van der Waals surface area contributed by atoms with Crippen molar-refractivity contribution in [2.75, 3.05) is 20.3 Å². The fraction of sp³-hybridized carbons (Fsp3) is 0.634. The molecule has 3 saturated carbocycles. The van der Waals surface area contributed by atoms with Gasteiger partial charge in [-0.05, 0) is 93.4 Å². The summed E-state index contributed by atoms with van der Waals surface area (Å²) in [7, 11) is -2.33. The number of hydrogen-bond acceptors (Lipinski definition) is 10. The summed E-state index contributed by atoms with van der Waals surface area (Å²) in [6.45, 7) is 13.7. The third-order valence-corrected chi connectivity index (χ3v) is 14.4. The summed E-state index contributed by atoms with van der Waals surface area (Å²) in [4.78, 5) is 62.1. The van der Waals surface area contributed by atoms with Gasteiger partial charge in [0.05, 0.1) is 25.0 Å². The maximum absolute atomic E-state index is 14.7. The number of methoxy groups -OCH3 is 1. The number of halogens is 1. The highest BCUT2D eigenvalue weighted by molar-refractivity contribution is 14.1. The zero-order valence-electron chi connectivity index (χ0n) is 33.6. The van der Waals surface area contributed by atoms with Crippen molar-refractivity contribution in [1.82, 2.24) is 25.2 Å². The van der Waals surface area contributed by atoms with E-state index in [0.29, 0.717) is 47.6 Å². The van der Waals surface area contributed by atoms with Crippen LogP contribution >= 0.6 is 22.6 Å². The van der Waals surface area contributed by atoms with E-state index in [0.717, 1.165) is 24.6 Å². The van der Waals surface area contributed by atoms with Gasteiger partial charge in [-0.15, -0.1) is 6.58 Å². The van der Waals surface area contributed by atoms with Gasteiger partial charge in [-0.25, -0.2) is 13.4 Å². The Morgan fingerprint density at radius 3 is 2.49 bits per heavy atom. The van der Waals surface area contributed by atoms with E-state index in [2.05, 4.69) is 70.3 Å². The van der Waals surface area contributed by atoms with Crippen LogP contribution in [0.5, 0.6) is 11.6 Å². The fourth-order valence-electron chi connectivity index (χ4n) is 8.29. The number of carbonyl (C=O) groups excluding carboxylic acids is 4. The van der Waals surface area contributed by atoms with Gasteiger partial charge < -0.3 is 29.7 Å². The topological polar surface area (TPSA) is 182 Å². The van der Waals surface area contributed by atoms with Crippen LogP contribution in [0, 0.1) is 23.7 Å². The third kappa shape index (κ3) is 9.69. The molecule has 16 heteroatoms. The standard InChI is InChI=1S/C41H56IN5O9S/c1-8-26-20-41(26,39(51)46-57(52,53)29-11-12-29)45-36(49)32-19-28(56-37-31-14-10-27(54-7)18-25(31)15-16-43-37)21-47(32)38(50)35(40(5,6)42)44-34(48)22-55-33-17-24(4)9-13-30(33)23(2)3/h8,10,14-16,18,23-24,26,28-30,32-33,35H,1,9,11-13,17,19-22H2,2-7H3,(H,44,48)(H,45,49)(H,46,51)/t24-,26-,28-,30+,32+,33-,35-,41-/m1/s1. The second-order valence-electron chi connectivity index (χ2n) is 17.1. The smallest absolute Gasteiger partial charge is 0.259 e. The van der Waals surface area contributed by atoms with E-state index in [1.807, 2.05) is 32.0 Å². The minimum atomic E-state index is -3.90. The molecular formula is C41H56IN5O9S. The first-order valence-corrected chi connectivity index (χ1v) is 22.5. The lowest BCUT2D eigenvalue weighted by Gasteiger charge is -2.37. The SMILES string of the molecule is C=C[C@@H]1C[C@]1(NC(=O)[C@@H]1C[C@@H](Oc2nccc3cc(OC)ccc23)CN1C(=O)[C@@H](NC(=O)CO[C@@H]1C[C@H](C)CC[C@H]1C(C)C)C(C)(C)I)C(=O)NS(=O)(=O)C1CC1. The second-order valence-corrected chi connectivity index (χ2v) is 21.8. The average molecular weight is 922 g/mol. The largest absolute Gasteiger partial charge is 0.497 e. The van der Waals surface area contributed by atoms with E-state index in [1.165, 1.54) is 11.0 Å². The Hall–Kier alpha value is -3.51. The molecular weight excluding hydrogens is 865 g/mol. The van der Waals surface area contributed by atoms with Crippen molar-refractivity contribution in [1.29, 1.82) is 0 Å². The molecule has 312 valence electrons. The van der Waals surface area contributed by atoms with Crippen molar-refractivity contribution in [3.05, 3.63) is 43.1 Å². The Balaban J connectivity index is 1.24. The summed E-state index contributed by atoms with van der Waals surface area (Å²) in [5, 5.41) is 6.62. The van der Waals surface area contributed by atoms with Gasteiger partial charge in [0.1, 0.15) is 36.1 Å². The van der Waals surface area contributed by atoms with Crippen molar-refractivity contribution in [3.63, 3.8) is 0 Å². The molecule has 0 spiro atoms. The Morgan fingerprint density at radius 1 is 1.12 bits per heavy atom. The lowest BCUT2D eigenvalue weighted by Crippen LogP contribution is -2.61. The number of fused-ring (bicyclic) bond motifs is 1. The van der Waals surface area contributed by atoms with Gasteiger partial charge in [-0.3, -0.25) is 23.9 Å². The molecule has 14 nitrogen and oxygen atoms in total. The molecule has 3 N–H and O–H groups in total. The van der Waals surface area contributed by atoms with Crippen LogP contribution in [0.1, 0.15) is 79.6 Å². The highest BCUT2D eigenvalue weighted by atomic mass is 127. The summed E-state index contributed by atoms with van der Waals surface area (Å²) in [5.74, 6) is -0.787. The molecule has 4 aliphatic rings. The molecule has 4 fully saturated rings. The van der Waals surface area contributed by atoms with Crippen LogP contribution in [0.25, 0.3) is 10.8 Å². The summed E-state index contributed by atoms with van der Waals surface area (Å²) in [6, 6.07) is 5.07. The average Bonchev–Trinajstić information content (AvgIpc) is 4.08. The van der Waals surface area contributed by atoms with Gasteiger partial charge in [-0.2, -0.15) is 0 Å². The van der Waals surface area contributed by atoms with Gasteiger partial charge in [0.15, 0.2) is 0 Å². The van der Waals surface area contributed by atoms with Crippen molar-refractivity contribution in [2.24, 2.45) is 23.7 Å². The maximum atomic E-state index is 14.7. The quantitative estimate of drug-likeness (QED) is 0.124. The Bertz CT molecular complexity index is 1990. The van der Waals surface area contributed by atoms with Gasteiger partial charge in [-0.1, -0.05) is 55.9 Å². The number of nitrogens with one attached hydrogen (secondary N) is 3. The van der Waals surface area contributed by atoms with E-state index in [4.69, 9.17) is 14.2 Å². The number of pyridine rings is 1. The molecule has 1 aliphatic heterocycles. The second kappa shape index (κ2) is 17.0. The number of ether oxygens (including phenoxy) is 3. The number of rotatable bonds is 16. The number of hydrogen-bond donors (Lipinski definition) is 3. The molecule has 57 heavy (non-hydrogen) atoms. The van der Waals surface area contributed by atoms with E-state index in [1.54, 1.807) is 19.4 Å². The normalized spacial score (nSPS) is 28.0. The predicted molar refractivity (Wildman–Crippen MR) is 223 cm³/mol. The van der Waals surface area contributed by atoms with Crippen molar-refractivity contribution >= 4 is 67.0 Å². The molecule has 3 aliphatic carbocycles. The minimum absolute atomic E-state index is 0.0308. The minimum Gasteiger partial charge on any atom is -0.497 e. The van der Waals surface area contributed by atoms with Crippen LogP contribution in [0.2, 0.25) is 0 Å². The van der Waals surface area contributed by atoms with Crippen LogP contribution in [-0.2, 0) is 33.9 Å². The highest BCUT2D eigenvalue weighted by Crippen LogP contribution is 2.46. The van der Waals surface area contributed by atoms with E-state index in [9.17, 15) is 27.6 Å². The van der Waals surface area contributed by atoms with Crippen LogP contribution in [0.15, 0.2) is 43.1 Å². The zero-order chi connectivity index (χ0) is 41.4. The maximum Gasteiger partial charge on any atom is 0.259 e. The molecule has 2 aromatic rings. The summed E-state index contributed by atoms with van der Waals surface area (Å²) in [6.07, 6.45) is 6.45. The van der Waals surface area contributed by atoms with Gasteiger partial charge in [0.25, 0.3) is 5.91 Å². The molecule has 8 atom stereocenters. The first-order chi connectivity index (χ1) is 26.9. The molecule has 1 aromatic heterocycles. The van der Waals surface area contributed by atoms with Gasteiger partial charge >= 0.3 is 0 Å². The monoisotopic (exact) mass is 921 g/mol. The first kappa shape index (κ1) is 43.1. The van der Waals surface area contributed by atoms with Crippen LogP contribution < -0.4 is 24.8 Å². The molecule has 0 unspecified atom stereocenters. The number of sulfonamides is 1. The molecule has 0 radical (unpaired) electrons. The van der Waals surface area contributed by atoms with E-state index in [-0.39, 0.29) is 32.1 Å². The third-order valence-electron chi connectivity index (χ3n) is 11.9. The molecule has 1 saturated heterocycles. The number of nitrogens with zero attached hydrogens (tertiary/aromatic N) is 2. The van der Waals surface area contributed by atoms with Crippen molar-refractivity contribution in [2.45, 2.75) is 118 Å². The molecule has 2 heterocycles. The Morgan fingerprint density at radius 2 is 1.86 bits per heavy atom. The lowest BCUT2D eigenvalue weighted by atomic mass is 9.75. The number of likely N-dealkylation sites (tertiary alicyclic amines) is 1. The predicted octanol–water partition coefficient (Wildman–Crippen LogP) is 4.44. The van der Waals surface area contributed by atoms with Crippen LogP contribution in [0.3, 0.4) is 0 Å². The number of aromatic nitrogens is 1. The zero-order valence-corrected chi connectivity index (χ0v) is 36.6. The van der Waals surface area contributed by atoms with Crippen LogP contribution in [0.4, 0.5) is 0 Å². The Kier molecular flexibility index (Phi) is 12.8. The molecule has 1 aromatic carbocycles. The first-order valence-electron chi connectivity index (χ1n) is 19.9. The van der Waals surface area contributed by atoms with E-state index < -0.39 is 72.0 Å².